The van der Waals surface area contributed by atoms with Crippen LogP contribution < -0.4 is 14.9 Å². The molecule has 0 saturated heterocycles. The van der Waals surface area contributed by atoms with Gasteiger partial charge >= 0.3 is 0 Å². The molecule has 0 aliphatic rings. The lowest BCUT2D eigenvalue weighted by atomic mass is 10.1. The molecule has 0 amide bonds. The van der Waals surface area contributed by atoms with Crippen LogP contribution in [0.1, 0.15) is 6.42 Å². The summed E-state index contributed by atoms with van der Waals surface area (Å²) in [6.07, 6.45) is 2.43. The smallest absolute Gasteiger partial charge is 0.200 e. The summed E-state index contributed by atoms with van der Waals surface area (Å²) >= 11 is 3.37. The average molecular weight is 389 g/mol. The first-order chi connectivity index (χ1) is 11.7. The molecule has 3 aromatic rings. The third kappa shape index (κ3) is 3.46. The first-order valence-electron chi connectivity index (χ1n) is 7.61. The van der Waals surface area contributed by atoms with Gasteiger partial charge in [0, 0.05) is 11.4 Å². The molecule has 0 atom stereocenters. The molecule has 0 spiro atoms. The minimum absolute atomic E-state index is 0.0631. The molecule has 4 nitrogen and oxygen atoms in total. The number of alkyl halides is 1. The fourth-order valence-electron chi connectivity index (χ4n) is 2.41. The van der Waals surface area contributed by atoms with Crippen molar-refractivity contribution in [1.82, 2.24) is 0 Å². The molecule has 24 heavy (non-hydrogen) atoms. The topological polar surface area (TPSA) is 48.7 Å². The van der Waals surface area contributed by atoms with Crippen molar-refractivity contribution in [2.75, 3.05) is 19.0 Å². The van der Waals surface area contributed by atoms with Gasteiger partial charge in [-0.3, -0.25) is 4.79 Å². The first-order valence-corrected chi connectivity index (χ1v) is 8.74. The molecule has 1 aromatic heterocycles. The van der Waals surface area contributed by atoms with Crippen LogP contribution in [0.5, 0.6) is 11.5 Å². The van der Waals surface area contributed by atoms with Crippen LogP contribution in [0, 0.1) is 0 Å². The molecular formula is C19H17BrO4. The number of hydrogen-bond donors (Lipinski definition) is 0. The quantitative estimate of drug-likeness (QED) is 0.456. The Bertz CT molecular complexity index is 884. The van der Waals surface area contributed by atoms with Crippen molar-refractivity contribution >= 4 is 26.9 Å². The van der Waals surface area contributed by atoms with E-state index in [2.05, 4.69) is 15.9 Å². The van der Waals surface area contributed by atoms with Gasteiger partial charge in [0.1, 0.15) is 23.3 Å². The van der Waals surface area contributed by atoms with Gasteiger partial charge in [0.2, 0.25) is 0 Å². The Morgan fingerprint density at radius 1 is 1.08 bits per heavy atom. The van der Waals surface area contributed by atoms with E-state index in [0.29, 0.717) is 28.9 Å². The van der Waals surface area contributed by atoms with E-state index in [9.17, 15) is 4.79 Å². The van der Waals surface area contributed by atoms with Gasteiger partial charge in [-0.25, -0.2) is 0 Å². The van der Waals surface area contributed by atoms with E-state index >= 15 is 0 Å². The summed E-state index contributed by atoms with van der Waals surface area (Å²) < 4.78 is 16.4. The van der Waals surface area contributed by atoms with Gasteiger partial charge in [-0.05, 0) is 36.2 Å². The Hall–Kier alpha value is -2.27. The van der Waals surface area contributed by atoms with E-state index < -0.39 is 0 Å². The number of halogens is 1. The van der Waals surface area contributed by atoms with E-state index in [1.54, 1.807) is 25.3 Å². The number of rotatable bonds is 6. The highest BCUT2D eigenvalue weighted by Crippen LogP contribution is 2.24. The fraction of sp³-hybridized carbons (Fsp3) is 0.211. The van der Waals surface area contributed by atoms with Crippen LogP contribution >= 0.6 is 15.9 Å². The molecular weight excluding hydrogens is 372 g/mol. The molecule has 0 radical (unpaired) electrons. The van der Waals surface area contributed by atoms with Crippen molar-refractivity contribution in [3.63, 3.8) is 0 Å². The molecule has 0 fully saturated rings. The lowest BCUT2D eigenvalue weighted by Gasteiger charge is -2.07. The molecule has 2 aromatic carbocycles. The molecule has 3 rings (SSSR count). The molecule has 5 heteroatoms. The number of benzene rings is 2. The summed E-state index contributed by atoms with van der Waals surface area (Å²) in [7, 11) is 1.58. The zero-order valence-electron chi connectivity index (χ0n) is 13.3. The van der Waals surface area contributed by atoms with Gasteiger partial charge in [-0.15, -0.1) is 0 Å². The Morgan fingerprint density at radius 3 is 2.54 bits per heavy atom. The average Bonchev–Trinajstić information content (AvgIpc) is 2.63. The summed E-state index contributed by atoms with van der Waals surface area (Å²) in [6.45, 7) is 0.657. The second kappa shape index (κ2) is 7.53. The molecule has 0 bridgehead atoms. The van der Waals surface area contributed by atoms with E-state index in [-0.39, 0.29) is 5.43 Å². The van der Waals surface area contributed by atoms with Gasteiger partial charge in [-0.1, -0.05) is 28.1 Å². The number of hydrogen-bond acceptors (Lipinski definition) is 4. The Labute approximate surface area is 148 Å². The minimum Gasteiger partial charge on any atom is -0.497 e. The van der Waals surface area contributed by atoms with Crippen molar-refractivity contribution in [3.05, 3.63) is 59.0 Å². The lowest BCUT2D eigenvalue weighted by molar-refractivity contribution is 0.319. The second-order valence-electron chi connectivity index (χ2n) is 5.26. The van der Waals surface area contributed by atoms with Gasteiger partial charge in [0.25, 0.3) is 0 Å². The first kappa shape index (κ1) is 16.6. The van der Waals surface area contributed by atoms with Crippen LogP contribution in [-0.4, -0.2) is 19.0 Å². The summed E-state index contributed by atoms with van der Waals surface area (Å²) in [4.78, 5) is 12.7. The molecule has 0 N–H and O–H groups in total. The third-order valence-corrected chi connectivity index (χ3v) is 4.25. The second-order valence-corrected chi connectivity index (χ2v) is 6.05. The molecule has 124 valence electrons. The van der Waals surface area contributed by atoms with E-state index in [0.717, 1.165) is 23.1 Å². The van der Waals surface area contributed by atoms with Crippen LogP contribution in [0.15, 0.2) is 57.9 Å². The maximum atomic E-state index is 12.7. The number of methoxy groups -OCH3 is 1. The Morgan fingerprint density at radius 2 is 1.83 bits per heavy atom. The zero-order valence-corrected chi connectivity index (χ0v) is 14.8. The normalized spacial score (nSPS) is 10.8. The monoisotopic (exact) mass is 388 g/mol. The van der Waals surface area contributed by atoms with Crippen LogP contribution in [0.25, 0.3) is 22.1 Å². The van der Waals surface area contributed by atoms with Crippen molar-refractivity contribution in [2.24, 2.45) is 0 Å². The molecule has 0 aliphatic heterocycles. The van der Waals surface area contributed by atoms with Crippen LogP contribution in [0.2, 0.25) is 0 Å². The number of fused-ring (bicyclic) bond motifs is 1. The highest BCUT2D eigenvalue weighted by molar-refractivity contribution is 9.09. The van der Waals surface area contributed by atoms with Crippen LogP contribution in [0.3, 0.4) is 0 Å². The summed E-state index contributed by atoms with van der Waals surface area (Å²) in [5.74, 6) is 1.44. The summed E-state index contributed by atoms with van der Waals surface area (Å²) in [6, 6.07) is 12.6. The fourth-order valence-corrected chi connectivity index (χ4v) is 2.64. The van der Waals surface area contributed by atoms with Gasteiger partial charge in [-0.2, -0.15) is 0 Å². The highest BCUT2D eigenvalue weighted by atomic mass is 79.9. The van der Waals surface area contributed by atoms with E-state index in [1.165, 1.54) is 6.26 Å². The zero-order chi connectivity index (χ0) is 16.9. The minimum atomic E-state index is -0.0631. The largest absolute Gasteiger partial charge is 0.497 e. The van der Waals surface area contributed by atoms with Crippen molar-refractivity contribution in [2.45, 2.75) is 6.42 Å². The van der Waals surface area contributed by atoms with Crippen LogP contribution in [0.4, 0.5) is 0 Å². The summed E-state index contributed by atoms with van der Waals surface area (Å²) in [5, 5.41) is 1.44. The maximum Gasteiger partial charge on any atom is 0.200 e. The highest BCUT2D eigenvalue weighted by Gasteiger charge is 2.10. The molecule has 0 saturated carbocycles. The lowest BCUT2D eigenvalue weighted by Crippen LogP contribution is -2.05. The predicted octanol–water partition coefficient (Wildman–Crippen LogP) is 4.63. The van der Waals surface area contributed by atoms with Crippen molar-refractivity contribution in [3.8, 4) is 22.6 Å². The molecule has 1 heterocycles. The van der Waals surface area contributed by atoms with Gasteiger partial charge < -0.3 is 13.9 Å². The van der Waals surface area contributed by atoms with Gasteiger partial charge in [0.15, 0.2) is 5.43 Å². The van der Waals surface area contributed by atoms with Crippen molar-refractivity contribution < 1.29 is 13.9 Å². The van der Waals surface area contributed by atoms with Crippen molar-refractivity contribution in [1.29, 1.82) is 0 Å². The Balaban J connectivity index is 1.91. The molecule has 0 aliphatic carbocycles. The molecule has 0 unspecified atom stereocenters. The summed E-state index contributed by atoms with van der Waals surface area (Å²) in [5.41, 5.74) is 1.78. The number of ether oxygens (including phenoxy) is 2. The predicted molar refractivity (Wildman–Crippen MR) is 98.4 cm³/mol. The SMILES string of the molecule is COc1ccc2c(=O)c(-c3ccc(OCCCBr)cc3)coc2c1. The van der Waals surface area contributed by atoms with Gasteiger partial charge in [0.05, 0.1) is 24.7 Å². The Kier molecular flexibility index (Phi) is 5.20. The maximum absolute atomic E-state index is 12.7. The van der Waals surface area contributed by atoms with E-state index in [1.807, 2.05) is 24.3 Å². The van der Waals surface area contributed by atoms with Crippen LogP contribution in [-0.2, 0) is 0 Å². The standard InChI is InChI=1S/C19H17BrO4/c1-22-15-7-8-16-18(11-15)24-12-17(19(16)21)13-3-5-14(6-4-13)23-10-2-9-20/h3-8,11-12H,2,9-10H2,1H3. The van der Waals surface area contributed by atoms with E-state index in [4.69, 9.17) is 13.9 Å². The third-order valence-electron chi connectivity index (χ3n) is 3.69.